The molecule has 11 aromatic rings. The maximum atomic E-state index is 16.6. The van der Waals surface area contributed by atoms with Gasteiger partial charge in [-0.05, 0) is 78.8 Å². The molecule has 0 amide bonds. The number of nitrogens with zero attached hydrogens (tertiary/aromatic N) is 2. The molecule has 9 aromatic carbocycles. The van der Waals surface area contributed by atoms with E-state index < -0.39 is 7.14 Å². The SMILES string of the molecule is O=P(c1ccc2ccccc2c1)(c1ccc2ccc3ccccc3c2c1)c1cccc2c1ccc1c3ccccc3n3c4ccccc4nc3c21. The van der Waals surface area contributed by atoms with E-state index in [1.165, 1.54) is 5.39 Å². The highest BCUT2D eigenvalue weighted by atomic mass is 31.2. The first kappa shape index (κ1) is 28.5. The molecule has 2 aromatic heterocycles. The first-order chi connectivity index (χ1) is 25.2. The maximum Gasteiger partial charge on any atom is 0.171 e. The van der Waals surface area contributed by atoms with Gasteiger partial charge < -0.3 is 4.57 Å². The summed E-state index contributed by atoms with van der Waals surface area (Å²) in [4.78, 5) is 5.24. The molecular formula is C47H29N2OP. The predicted molar refractivity (Wildman–Crippen MR) is 217 cm³/mol. The Hall–Kier alpha value is -6.28. The van der Waals surface area contributed by atoms with Crippen LogP contribution in [0.5, 0.6) is 0 Å². The second-order valence-corrected chi connectivity index (χ2v) is 16.2. The minimum Gasteiger partial charge on any atom is -0.309 e. The minimum absolute atomic E-state index is 0.823. The van der Waals surface area contributed by atoms with Gasteiger partial charge in [0, 0.05) is 26.7 Å². The zero-order valence-corrected chi connectivity index (χ0v) is 28.4. The second-order valence-electron chi connectivity index (χ2n) is 13.5. The summed E-state index contributed by atoms with van der Waals surface area (Å²) in [6.45, 7) is 0. The van der Waals surface area contributed by atoms with E-state index in [0.717, 1.165) is 92.0 Å². The van der Waals surface area contributed by atoms with Gasteiger partial charge in [-0.3, -0.25) is 4.40 Å². The molecule has 51 heavy (non-hydrogen) atoms. The van der Waals surface area contributed by atoms with Crippen LogP contribution >= 0.6 is 7.14 Å². The Morgan fingerprint density at radius 1 is 0.412 bits per heavy atom. The van der Waals surface area contributed by atoms with Crippen LogP contribution < -0.4 is 15.9 Å². The number of rotatable bonds is 3. The quantitative estimate of drug-likeness (QED) is 0.139. The van der Waals surface area contributed by atoms with Crippen LogP contribution in [0.1, 0.15) is 0 Å². The minimum atomic E-state index is -3.45. The van der Waals surface area contributed by atoms with Crippen molar-refractivity contribution in [2.24, 2.45) is 0 Å². The van der Waals surface area contributed by atoms with Crippen LogP contribution in [-0.2, 0) is 4.57 Å². The van der Waals surface area contributed by atoms with E-state index in [1.807, 2.05) is 12.1 Å². The average Bonchev–Trinajstić information content (AvgIpc) is 3.59. The third-order valence-corrected chi connectivity index (χ3v) is 13.9. The molecule has 0 spiro atoms. The van der Waals surface area contributed by atoms with E-state index in [4.69, 9.17) is 4.98 Å². The molecule has 0 saturated heterocycles. The molecule has 0 aliphatic rings. The van der Waals surface area contributed by atoms with Gasteiger partial charge in [0.1, 0.15) is 5.65 Å². The van der Waals surface area contributed by atoms with Crippen LogP contribution in [0, 0.1) is 0 Å². The monoisotopic (exact) mass is 668 g/mol. The molecule has 0 aliphatic carbocycles. The Balaban J connectivity index is 1.28. The van der Waals surface area contributed by atoms with E-state index >= 15 is 4.57 Å². The smallest absolute Gasteiger partial charge is 0.171 e. The number of pyridine rings is 1. The van der Waals surface area contributed by atoms with Crippen molar-refractivity contribution in [3.8, 4) is 0 Å². The number of imidazole rings is 1. The summed E-state index contributed by atoms with van der Waals surface area (Å²) in [6, 6.07) is 61.5. The van der Waals surface area contributed by atoms with Crippen molar-refractivity contribution >= 4 is 105 Å². The Labute approximate surface area is 293 Å². The van der Waals surface area contributed by atoms with Crippen molar-refractivity contribution in [1.82, 2.24) is 9.38 Å². The number of fused-ring (bicyclic) bond motifs is 14. The zero-order valence-electron chi connectivity index (χ0n) is 27.5. The van der Waals surface area contributed by atoms with Gasteiger partial charge in [0.15, 0.2) is 7.14 Å². The molecule has 0 aliphatic heterocycles. The van der Waals surface area contributed by atoms with Gasteiger partial charge in [-0.2, -0.15) is 0 Å². The Bertz CT molecular complexity index is 3300. The molecule has 4 heteroatoms. The van der Waals surface area contributed by atoms with Gasteiger partial charge in [0.2, 0.25) is 0 Å². The molecule has 3 nitrogen and oxygen atoms in total. The molecule has 0 N–H and O–H groups in total. The summed E-state index contributed by atoms with van der Waals surface area (Å²) < 4.78 is 18.9. The molecular weight excluding hydrogens is 640 g/mol. The van der Waals surface area contributed by atoms with Crippen LogP contribution in [0.25, 0.3) is 81.4 Å². The lowest BCUT2D eigenvalue weighted by molar-refractivity contribution is 0.592. The first-order valence-electron chi connectivity index (χ1n) is 17.3. The van der Waals surface area contributed by atoms with Crippen LogP contribution in [0.15, 0.2) is 176 Å². The fraction of sp³-hybridized carbons (Fsp3) is 0. The third kappa shape index (κ3) is 4.01. The second kappa shape index (κ2) is 10.6. The van der Waals surface area contributed by atoms with Crippen LogP contribution in [0.4, 0.5) is 0 Å². The number of hydrogen-bond donors (Lipinski definition) is 0. The summed E-state index contributed by atoms with van der Waals surface area (Å²) in [5.41, 5.74) is 4.05. The number of benzene rings is 9. The van der Waals surface area contributed by atoms with Crippen molar-refractivity contribution in [3.63, 3.8) is 0 Å². The van der Waals surface area contributed by atoms with Gasteiger partial charge in [-0.1, -0.05) is 146 Å². The summed E-state index contributed by atoms with van der Waals surface area (Å²) in [7, 11) is -3.45. The van der Waals surface area contributed by atoms with E-state index in [1.54, 1.807) is 0 Å². The van der Waals surface area contributed by atoms with Gasteiger partial charge >= 0.3 is 0 Å². The Morgan fingerprint density at radius 3 is 1.86 bits per heavy atom. The fourth-order valence-electron chi connectivity index (χ4n) is 8.40. The highest BCUT2D eigenvalue weighted by Gasteiger charge is 2.33. The van der Waals surface area contributed by atoms with Crippen molar-refractivity contribution < 1.29 is 4.57 Å². The number of aromatic nitrogens is 2. The Morgan fingerprint density at radius 2 is 1.00 bits per heavy atom. The molecule has 11 rings (SSSR count). The number of hydrogen-bond acceptors (Lipinski definition) is 2. The Kier molecular flexibility index (Phi) is 5.94. The highest BCUT2D eigenvalue weighted by molar-refractivity contribution is 7.85. The molecule has 0 radical (unpaired) electrons. The third-order valence-electron chi connectivity index (χ3n) is 10.8. The lowest BCUT2D eigenvalue weighted by Gasteiger charge is -2.23. The van der Waals surface area contributed by atoms with Crippen LogP contribution in [0.2, 0.25) is 0 Å². The van der Waals surface area contributed by atoms with Gasteiger partial charge in [-0.25, -0.2) is 4.98 Å². The molecule has 0 fully saturated rings. The van der Waals surface area contributed by atoms with E-state index in [9.17, 15) is 0 Å². The van der Waals surface area contributed by atoms with Gasteiger partial charge in [0.05, 0.1) is 16.6 Å². The number of para-hydroxylation sites is 3. The highest BCUT2D eigenvalue weighted by Crippen LogP contribution is 2.47. The average molecular weight is 669 g/mol. The standard InChI is InChI=1S/C47H29N2OP/c50-51(34-24-22-30-10-1-2-12-33(30)28-34,35-25-23-32-21-20-31-11-3-4-13-36(31)41(32)29-35)45-19-9-15-39-38(45)26-27-40-37-14-5-7-17-43(37)49-44-18-8-6-16-42(44)48-47(49)46(39)40/h1-29H. The van der Waals surface area contributed by atoms with E-state index in [-0.39, 0.29) is 0 Å². The molecule has 0 saturated carbocycles. The van der Waals surface area contributed by atoms with E-state index in [0.29, 0.717) is 0 Å². The summed E-state index contributed by atoms with van der Waals surface area (Å²) in [5, 5.41) is 14.6. The lowest BCUT2D eigenvalue weighted by Crippen LogP contribution is -2.25. The molecule has 0 bridgehead atoms. The predicted octanol–water partition coefficient (Wildman–Crippen LogP) is 11.0. The van der Waals surface area contributed by atoms with Crippen molar-refractivity contribution in [1.29, 1.82) is 0 Å². The summed E-state index contributed by atoms with van der Waals surface area (Å²) in [6.07, 6.45) is 0. The fourth-order valence-corrected chi connectivity index (χ4v) is 11.3. The topological polar surface area (TPSA) is 34.4 Å². The lowest BCUT2D eigenvalue weighted by atomic mass is 9.99. The van der Waals surface area contributed by atoms with Crippen LogP contribution in [-0.4, -0.2) is 9.38 Å². The molecule has 2 heterocycles. The van der Waals surface area contributed by atoms with Crippen LogP contribution in [0.3, 0.4) is 0 Å². The van der Waals surface area contributed by atoms with E-state index in [2.05, 4.69) is 168 Å². The normalized spacial score (nSPS) is 13.3. The van der Waals surface area contributed by atoms with Crippen molar-refractivity contribution in [2.75, 3.05) is 0 Å². The molecule has 1 atom stereocenters. The summed E-state index contributed by atoms with van der Waals surface area (Å²) in [5.74, 6) is 0. The summed E-state index contributed by atoms with van der Waals surface area (Å²) >= 11 is 0. The van der Waals surface area contributed by atoms with Crippen molar-refractivity contribution in [2.45, 2.75) is 0 Å². The maximum absolute atomic E-state index is 16.6. The van der Waals surface area contributed by atoms with Crippen molar-refractivity contribution in [3.05, 3.63) is 176 Å². The zero-order chi connectivity index (χ0) is 33.7. The molecule has 238 valence electrons. The van der Waals surface area contributed by atoms with Gasteiger partial charge in [0.25, 0.3) is 0 Å². The molecule has 1 unspecified atom stereocenters. The first-order valence-corrected chi connectivity index (χ1v) is 19.0. The largest absolute Gasteiger partial charge is 0.309 e. The van der Waals surface area contributed by atoms with Gasteiger partial charge in [-0.15, -0.1) is 0 Å².